The van der Waals surface area contributed by atoms with Crippen molar-refractivity contribution in [3.05, 3.63) is 59.7 Å². The zero-order valence-electron chi connectivity index (χ0n) is 11.0. The molecule has 0 radical (unpaired) electrons. The van der Waals surface area contributed by atoms with Gasteiger partial charge in [0.2, 0.25) is 0 Å². The summed E-state index contributed by atoms with van der Waals surface area (Å²) in [6, 6.07) is 12.6. The van der Waals surface area contributed by atoms with Crippen LogP contribution in [0.5, 0.6) is 11.5 Å². The molecule has 6 nitrogen and oxygen atoms in total. The standard InChI is InChI=1S/C14H12O6S/c1-19-14-11(13(15)10-6-3-2-4-7-10)8-5-9-12(14)20-21(16,17)18/h2-9H,1H3,(H,16,17,18). The van der Waals surface area contributed by atoms with E-state index in [1.165, 1.54) is 25.3 Å². The van der Waals surface area contributed by atoms with Crippen molar-refractivity contribution < 1.29 is 26.7 Å². The number of carbonyl (C=O) groups excluding carboxylic acids is 1. The van der Waals surface area contributed by atoms with Crippen LogP contribution in [0.15, 0.2) is 48.5 Å². The van der Waals surface area contributed by atoms with Gasteiger partial charge >= 0.3 is 10.4 Å². The number of benzene rings is 2. The van der Waals surface area contributed by atoms with E-state index in [2.05, 4.69) is 4.18 Å². The smallest absolute Gasteiger partial charge is 0.446 e. The van der Waals surface area contributed by atoms with Crippen LogP contribution in [-0.4, -0.2) is 25.9 Å². The summed E-state index contributed by atoms with van der Waals surface area (Å²) >= 11 is 0. The zero-order chi connectivity index (χ0) is 15.5. The molecule has 21 heavy (non-hydrogen) atoms. The predicted molar refractivity (Wildman–Crippen MR) is 75.0 cm³/mol. The molecule has 0 aliphatic heterocycles. The number of ether oxygens (including phenoxy) is 1. The minimum atomic E-state index is -4.71. The molecule has 7 heteroatoms. The Labute approximate surface area is 121 Å². The normalized spacial score (nSPS) is 11.0. The first-order valence-corrected chi connectivity index (χ1v) is 7.22. The van der Waals surface area contributed by atoms with Gasteiger partial charge in [0.15, 0.2) is 17.3 Å². The van der Waals surface area contributed by atoms with Crippen molar-refractivity contribution in [3.63, 3.8) is 0 Å². The second-order valence-corrected chi connectivity index (χ2v) is 5.07. The highest BCUT2D eigenvalue weighted by atomic mass is 32.3. The highest BCUT2D eigenvalue weighted by Gasteiger charge is 2.20. The van der Waals surface area contributed by atoms with Crippen molar-refractivity contribution in [3.8, 4) is 11.5 Å². The van der Waals surface area contributed by atoms with Crippen molar-refractivity contribution in [1.82, 2.24) is 0 Å². The number of methoxy groups -OCH3 is 1. The molecule has 0 fully saturated rings. The molecule has 0 bridgehead atoms. The first-order chi connectivity index (χ1) is 9.92. The van der Waals surface area contributed by atoms with Crippen LogP contribution >= 0.6 is 0 Å². The van der Waals surface area contributed by atoms with Gasteiger partial charge in [0.1, 0.15) is 0 Å². The van der Waals surface area contributed by atoms with Crippen LogP contribution < -0.4 is 8.92 Å². The molecule has 2 aromatic carbocycles. The van der Waals surface area contributed by atoms with E-state index in [0.29, 0.717) is 5.56 Å². The lowest BCUT2D eigenvalue weighted by Crippen LogP contribution is -2.10. The largest absolute Gasteiger partial charge is 0.492 e. The van der Waals surface area contributed by atoms with Crippen LogP contribution in [0.3, 0.4) is 0 Å². The van der Waals surface area contributed by atoms with Gasteiger partial charge in [-0.15, -0.1) is 0 Å². The van der Waals surface area contributed by atoms with E-state index in [4.69, 9.17) is 9.29 Å². The lowest BCUT2D eigenvalue weighted by molar-refractivity contribution is 0.103. The van der Waals surface area contributed by atoms with Gasteiger partial charge in [0.05, 0.1) is 12.7 Å². The summed E-state index contributed by atoms with van der Waals surface area (Å²) in [4.78, 5) is 12.4. The molecule has 0 saturated heterocycles. The molecule has 0 amide bonds. The topological polar surface area (TPSA) is 89.9 Å². The SMILES string of the molecule is COc1c(OS(=O)(=O)O)cccc1C(=O)c1ccccc1. The van der Waals surface area contributed by atoms with E-state index in [0.717, 1.165) is 0 Å². The summed E-state index contributed by atoms with van der Waals surface area (Å²) < 4.78 is 39.8. The third-order valence-corrected chi connectivity index (χ3v) is 3.05. The number of hydrogen-bond donors (Lipinski definition) is 1. The maximum Gasteiger partial charge on any atom is 0.446 e. The van der Waals surface area contributed by atoms with Crippen molar-refractivity contribution in [2.75, 3.05) is 7.11 Å². The number of carbonyl (C=O) groups is 1. The van der Waals surface area contributed by atoms with Gasteiger partial charge in [-0.1, -0.05) is 36.4 Å². The molecule has 0 aliphatic carbocycles. The van der Waals surface area contributed by atoms with E-state index in [1.54, 1.807) is 30.3 Å². The Morgan fingerprint density at radius 3 is 2.29 bits per heavy atom. The molecule has 0 heterocycles. The molecule has 1 N–H and O–H groups in total. The summed E-state index contributed by atoms with van der Waals surface area (Å²) in [5.41, 5.74) is 0.546. The molecule has 110 valence electrons. The van der Waals surface area contributed by atoms with Crippen molar-refractivity contribution >= 4 is 16.2 Å². The summed E-state index contributed by atoms with van der Waals surface area (Å²) in [6.45, 7) is 0. The molecule has 0 saturated carbocycles. The predicted octanol–water partition coefficient (Wildman–Crippen LogP) is 2.11. The highest BCUT2D eigenvalue weighted by Crippen LogP contribution is 2.33. The summed E-state index contributed by atoms with van der Waals surface area (Å²) in [7, 11) is -3.44. The molecule has 0 aliphatic rings. The monoisotopic (exact) mass is 308 g/mol. The van der Waals surface area contributed by atoms with Crippen LogP contribution in [0, 0.1) is 0 Å². The van der Waals surface area contributed by atoms with Crippen LogP contribution in [0.1, 0.15) is 15.9 Å². The van der Waals surface area contributed by atoms with Crippen LogP contribution in [0.4, 0.5) is 0 Å². The van der Waals surface area contributed by atoms with Crippen molar-refractivity contribution in [2.45, 2.75) is 0 Å². The number of hydrogen-bond acceptors (Lipinski definition) is 5. The van der Waals surface area contributed by atoms with Gasteiger partial charge in [-0.05, 0) is 12.1 Å². The maximum atomic E-state index is 12.4. The maximum absolute atomic E-state index is 12.4. The van der Waals surface area contributed by atoms with E-state index in [1.807, 2.05) is 0 Å². The van der Waals surface area contributed by atoms with Gasteiger partial charge < -0.3 is 8.92 Å². The minimum Gasteiger partial charge on any atom is -0.492 e. The Bertz CT molecular complexity index is 752. The van der Waals surface area contributed by atoms with Crippen LogP contribution in [0.2, 0.25) is 0 Å². The molecule has 0 atom stereocenters. The molecule has 0 unspecified atom stereocenters. The quantitative estimate of drug-likeness (QED) is 0.672. The first kappa shape index (κ1) is 15.0. The average Bonchev–Trinajstić information content (AvgIpc) is 2.45. The number of para-hydroxylation sites is 1. The lowest BCUT2D eigenvalue weighted by atomic mass is 10.0. The third-order valence-electron chi connectivity index (χ3n) is 2.66. The van der Waals surface area contributed by atoms with Crippen molar-refractivity contribution in [2.24, 2.45) is 0 Å². The fourth-order valence-corrected chi connectivity index (χ4v) is 2.19. The molecular formula is C14H12O6S. The molecule has 0 spiro atoms. The summed E-state index contributed by atoms with van der Waals surface area (Å²) in [5.74, 6) is -0.681. The fraction of sp³-hybridized carbons (Fsp3) is 0.0714. The zero-order valence-corrected chi connectivity index (χ0v) is 11.8. The summed E-state index contributed by atoms with van der Waals surface area (Å²) in [6.07, 6.45) is 0. The van der Waals surface area contributed by atoms with Gasteiger partial charge in [-0.3, -0.25) is 9.35 Å². The van der Waals surface area contributed by atoms with Gasteiger partial charge in [-0.2, -0.15) is 8.42 Å². The summed E-state index contributed by atoms with van der Waals surface area (Å²) in [5, 5.41) is 0. The highest BCUT2D eigenvalue weighted by molar-refractivity contribution is 7.81. The van der Waals surface area contributed by atoms with Crippen LogP contribution in [-0.2, 0) is 10.4 Å². The molecule has 2 rings (SSSR count). The Morgan fingerprint density at radius 2 is 1.71 bits per heavy atom. The Morgan fingerprint density at radius 1 is 1.05 bits per heavy atom. The van der Waals surface area contributed by atoms with Crippen LogP contribution in [0.25, 0.3) is 0 Å². The fourth-order valence-electron chi connectivity index (χ4n) is 1.83. The average molecular weight is 308 g/mol. The van der Waals surface area contributed by atoms with E-state index in [-0.39, 0.29) is 22.8 Å². The minimum absolute atomic E-state index is 0.0658. The van der Waals surface area contributed by atoms with E-state index >= 15 is 0 Å². The number of rotatable bonds is 5. The van der Waals surface area contributed by atoms with E-state index in [9.17, 15) is 13.2 Å². The van der Waals surface area contributed by atoms with Gasteiger partial charge in [0, 0.05) is 5.56 Å². The first-order valence-electron chi connectivity index (χ1n) is 5.86. The van der Waals surface area contributed by atoms with Gasteiger partial charge in [0.25, 0.3) is 0 Å². The van der Waals surface area contributed by atoms with E-state index < -0.39 is 10.4 Å². The molecular weight excluding hydrogens is 296 g/mol. The lowest BCUT2D eigenvalue weighted by Gasteiger charge is -2.11. The Kier molecular flexibility index (Phi) is 4.25. The second-order valence-electron chi connectivity index (χ2n) is 4.04. The molecule has 2 aromatic rings. The Hall–Kier alpha value is -2.38. The second kappa shape index (κ2) is 5.94. The Balaban J connectivity index is 2.50. The molecule has 0 aromatic heterocycles. The number of ketones is 1. The van der Waals surface area contributed by atoms with Crippen molar-refractivity contribution in [1.29, 1.82) is 0 Å². The van der Waals surface area contributed by atoms with Gasteiger partial charge in [-0.25, -0.2) is 0 Å². The third kappa shape index (κ3) is 3.59.